The van der Waals surface area contributed by atoms with Crippen molar-refractivity contribution in [3.63, 3.8) is 0 Å². The molecule has 0 saturated carbocycles. The predicted octanol–water partition coefficient (Wildman–Crippen LogP) is 2.62. The molecule has 2 aliphatic heterocycles. The van der Waals surface area contributed by atoms with Gasteiger partial charge in [0.1, 0.15) is 18.2 Å². The van der Waals surface area contributed by atoms with E-state index in [9.17, 15) is 14.0 Å². The highest BCUT2D eigenvalue weighted by atomic mass is 19.1. The third-order valence-corrected chi connectivity index (χ3v) is 5.11. The van der Waals surface area contributed by atoms with Crippen LogP contribution in [0.5, 0.6) is 5.75 Å². The Labute approximate surface area is 150 Å². The van der Waals surface area contributed by atoms with Gasteiger partial charge in [-0.1, -0.05) is 12.1 Å². The van der Waals surface area contributed by atoms with Crippen molar-refractivity contribution in [1.82, 2.24) is 10.2 Å². The number of piperidine rings is 1. The standard InChI is InChI=1S/C20H19FN2O3/c21-15-7-5-14(6-8-15)19(25)23-11-9-20(10-12-23)13-26-17-4-2-1-3-16(17)18(24)22-20/h1-8H,9-13H2,(H,22,24). The fraction of sp³-hybridized carbons (Fsp3) is 0.300. The first-order valence-electron chi connectivity index (χ1n) is 8.66. The van der Waals surface area contributed by atoms with Gasteiger partial charge < -0.3 is 15.0 Å². The molecule has 134 valence electrons. The normalized spacial score (nSPS) is 18.5. The molecule has 0 radical (unpaired) electrons. The van der Waals surface area contributed by atoms with E-state index < -0.39 is 5.54 Å². The van der Waals surface area contributed by atoms with Gasteiger partial charge in [-0.25, -0.2) is 4.39 Å². The number of hydrogen-bond acceptors (Lipinski definition) is 3. The van der Waals surface area contributed by atoms with Crippen LogP contribution in [0, 0.1) is 5.82 Å². The number of carbonyl (C=O) groups is 2. The van der Waals surface area contributed by atoms with Crippen LogP contribution in [0.25, 0.3) is 0 Å². The van der Waals surface area contributed by atoms with E-state index in [1.807, 2.05) is 12.1 Å². The van der Waals surface area contributed by atoms with Crippen molar-refractivity contribution in [2.75, 3.05) is 19.7 Å². The smallest absolute Gasteiger partial charge is 0.255 e. The molecule has 26 heavy (non-hydrogen) atoms. The van der Waals surface area contributed by atoms with Crippen LogP contribution >= 0.6 is 0 Å². The Bertz CT molecular complexity index is 842. The fourth-order valence-corrected chi connectivity index (χ4v) is 3.52. The van der Waals surface area contributed by atoms with E-state index >= 15 is 0 Å². The zero-order chi connectivity index (χ0) is 18.1. The Morgan fingerprint density at radius 3 is 2.50 bits per heavy atom. The number of nitrogens with one attached hydrogen (secondary N) is 1. The fourth-order valence-electron chi connectivity index (χ4n) is 3.52. The topological polar surface area (TPSA) is 58.6 Å². The van der Waals surface area contributed by atoms with Gasteiger partial charge in [0.25, 0.3) is 11.8 Å². The van der Waals surface area contributed by atoms with Crippen LogP contribution in [-0.4, -0.2) is 41.9 Å². The second-order valence-corrected chi connectivity index (χ2v) is 6.82. The Kier molecular flexibility index (Phi) is 4.11. The van der Waals surface area contributed by atoms with E-state index in [4.69, 9.17) is 4.74 Å². The predicted molar refractivity (Wildman–Crippen MR) is 93.7 cm³/mol. The average molecular weight is 354 g/mol. The Morgan fingerprint density at radius 2 is 1.77 bits per heavy atom. The highest BCUT2D eigenvalue weighted by molar-refractivity contribution is 5.98. The highest BCUT2D eigenvalue weighted by Gasteiger charge is 2.40. The van der Waals surface area contributed by atoms with Gasteiger partial charge in [-0.05, 0) is 49.2 Å². The second-order valence-electron chi connectivity index (χ2n) is 6.82. The molecule has 0 aromatic heterocycles. The molecule has 5 nitrogen and oxygen atoms in total. The van der Waals surface area contributed by atoms with Crippen LogP contribution in [0.3, 0.4) is 0 Å². The van der Waals surface area contributed by atoms with Crippen LogP contribution < -0.4 is 10.1 Å². The molecular formula is C20H19FN2O3. The van der Waals surface area contributed by atoms with Crippen molar-refractivity contribution in [2.45, 2.75) is 18.4 Å². The number of ether oxygens (including phenoxy) is 1. The van der Waals surface area contributed by atoms with E-state index in [1.165, 1.54) is 24.3 Å². The maximum Gasteiger partial charge on any atom is 0.255 e. The maximum absolute atomic E-state index is 13.0. The van der Waals surface area contributed by atoms with E-state index in [1.54, 1.807) is 17.0 Å². The molecule has 1 N–H and O–H groups in total. The summed E-state index contributed by atoms with van der Waals surface area (Å²) >= 11 is 0. The van der Waals surface area contributed by atoms with Gasteiger partial charge in [-0.3, -0.25) is 9.59 Å². The van der Waals surface area contributed by atoms with Crippen molar-refractivity contribution in [3.8, 4) is 5.75 Å². The van der Waals surface area contributed by atoms with Gasteiger partial charge in [0.05, 0.1) is 11.1 Å². The van der Waals surface area contributed by atoms with Gasteiger partial charge in [-0.15, -0.1) is 0 Å². The molecule has 6 heteroatoms. The van der Waals surface area contributed by atoms with Gasteiger partial charge >= 0.3 is 0 Å². The summed E-state index contributed by atoms with van der Waals surface area (Å²) < 4.78 is 18.9. The number of carbonyl (C=O) groups excluding carboxylic acids is 2. The van der Waals surface area contributed by atoms with E-state index in [0.29, 0.717) is 49.4 Å². The molecule has 0 unspecified atom stereocenters. The van der Waals surface area contributed by atoms with Crippen molar-refractivity contribution in [1.29, 1.82) is 0 Å². The summed E-state index contributed by atoms with van der Waals surface area (Å²) in [5.41, 5.74) is 0.528. The second kappa shape index (κ2) is 6.44. The first kappa shape index (κ1) is 16.6. The minimum atomic E-state index is -0.477. The number of fused-ring (bicyclic) bond motifs is 1. The highest BCUT2D eigenvalue weighted by Crippen LogP contribution is 2.30. The molecule has 4 rings (SSSR count). The van der Waals surface area contributed by atoms with Crippen LogP contribution in [0.4, 0.5) is 4.39 Å². The van der Waals surface area contributed by atoms with Crippen molar-refractivity contribution in [2.24, 2.45) is 0 Å². The number of nitrogens with zero attached hydrogens (tertiary/aromatic N) is 1. The first-order valence-corrected chi connectivity index (χ1v) is 8.66. The van der Waals surface area contributed by atoms with Crippen LogP contribution in [-0.2, 0) is 0 Å². The van der Waals surface area contributed by atoms with Crippen LogP contribution in [0.15, 0.2) is 48.5 Å². The van der Waals surface area contributed by atoms with Crippen molar-refractivity contribution in [3.05, 3.63) is 65.5 Å². The summed E-state index contributed by atoms with van der Waals surface area (Å²) in [6.07, 6.45) is 1.22. The first-order chi connectivity index (χ1) is 12.6. The third-order valence-electron chi connectivity index (χ3n) is 5.11. The number of amides is 2. The average Bonchev–Trinajstić information content (AvgIpc) is 2.80. The molecule has 0 bridgehead atoms. The summed E-state index contributed by atoms with van der Waals surface area (Å²) in [5.74, 6) is -0.0378. The van der Waals surface area contributed by atoms with E-state index in [-0.39, 0.29) is 17.6 Å². The number of hydrogen-bond donors (Lipinski definition) is 1. The molecule has 2 amide bonds. The largest absolute Gasteiger partial charge is 0.490 e. The molecule has 2 heterocycles. The molecule has 1 fully saturated rings. The summed E-state index contributed by atoms with van der Waals surface area (Å²) in [6.45, 7) is 1.40. The number of para-hydroxylation sites is 1. The molecular weight excluding hydrogens is 335 g/mol. The molecule has 2 aromatic carbocycles. The lowest BCUT2D eigenvalue weighted by Gasteiger charge is -2.41. The lowest BCUT2D eigenvalue weighted by molar-refractivity contribution is 0.0555. The van der Waals surface area contributed by atoms with Gasteiger partial charge in [0.15, 0.2) is 0 Å². The summed E-state index contributed by atoms with van der Waals surface area (Å²) in [4.78, 5) is 26.9. The molecule has 2 aromatic rings. The molecule has 1 spiro atoms. The number of likely N-dealkylation sites (tertiary alicyclic amines) is 1. The Balaban J connectivity index is 1.46. The Morgan fingerprint density at radius 1 is 1.08 bits per heavy atom. The molecule has 0 atom stereocenters. The monoisotopic (exact) mass is 354 g/mol. The molecule has 0 aliphatic carbocycles. The summed E-state index contributed by atoms with van der Waals surface area (Å²) in [7, 11) is 0. The zero-order valence-electron chi connectivity index (χ0n) is 14.2. The van der Waals surface area contributed by atoms with E-state index in [2.05, 4.69) is 5.32 Å². The van der Waals surface area contributed by atoms with Gasteiger partial charge in [0.2, 0.25) is 0 Å². The van der Waals surface area contributed by atoms with Crippen LogP contribution in [0.2, 0.25) is 0 Å². The van der Waals surface area contributed by atoms with Gasteiger partial charge in [-0.2, -0.15) is 0 Å². The molecule has 2 aliphatic rings. The third kappa shape index (κ3) is 3.03. The minimum Gasteiger partial charge on any atom is -0.490 e. The number of rotatable bonds is 1. The summed E-state index contributed by atoms with van der Waals surface area (Å²) in [5, 5.41) is 3.11. The lowest BCUT2D eigenvalue weighted by atomic mass is 9.87. The SMILES string of the molecule is O=C1NC2(CCN(C(=O)c3ccc(F)cc3)CC2)COc2ccccc21. The van der Waals surface area contributed by atoms with Crippen molar-refractivity contribution < 1.29 is 18.7 Å². The maximum atomic E-state index is 13.0. The Hall–Kier alpha value is -2.89. The van der Waals surface area contributed by atoms with E-state index in [0.717, 1.165) is 0 Å². The van der Waals surface area contributed by atoms with Gasteiger partial charge in [0, 0.05) is 18.7 Å². The van der Waals surface area contributed by atoms with Crippen molar-refractivity contribution >= 4 is 11.8 Å². The quantitative estimate of drug-likeness (QED) is 0.856. The molecule has 1 saturated heterocycles. The number of benzene rings is 2. The minimum absolute atomic E-state index is 0.121. The summed E-state index contributed by atoms with van der Waals surface area (Å²) in [6, 6.07) is 12.8. The van der Waals surface area contributed by atoms with Crippen LogP contribution in [0.1, 0.15) is 33.6 Å². The number of halogens is 1. The lowest BCUT2D eigenvalue weighted by Crippen LogP contribution is -2.58. The zero-order valence-corrected chi connectivity index (χ0v) is 14.2.